The molecule has 6 nitrogen and oxygen atoms in total. The molecule has 7 heteroatoms. The van der Waals surface area contributed by atoms with E-state index < -0.39 is 0 Å². The molecule has 32 heavy (non-hydrogen) atoms. The molecule has 156 valence electrons. The summed E-state index contributed by atoms with van der Waals surface area (Å²) in [5.41, 5.74) is 3.31. The van der Waals surface area contributed by atoms with Gasteiger partial charge in [0.05, 0.1) is 15.8 Å². The highest BCUT2D eigenvalue weighted by molar-refractivity contribution is 7.12. The maximum Gasteiger partial charge on any atom is 0.265 e. The summed E-state index contributed by atoms with van der Waals surface area (Å²) in [6.45, 7) is 1.93. The number of nitrogens with zero attached hydrogens (tertiary/aromatic N) is 3. The quantitative estimate of drug-likeness (QED) is 0.358. The number of carbonyl (C=O) groups is 1. The lowest BCUT2D eigenvalue weighted by Gasteiger charge is -2.11. The summed E-state index contributed by atoms with van der Waals surface area (Å²) in [4.78, 5) is 26.5. The van der Waals surface area contributed by atoms with E-state index in [2.05, 4.69) is 20.3 Å². The van der Waals surface area contributed by atoms with Crippen LogP contribution >= 0.6 is 11.3 Å². The summed E-state index contributed by atoms with van der Waals surface area (Å²) < 4.78 is 6.13. The van der Waals surface area contributed by atoms with Gasteiger partial charge < -0.3 is 10.1 Å². The van der Waals surface area contributed by atoms with Gasteiger partial charge >= 0.3 is 0 Å². The predicted octanol–water partition coefficient (Wildman–Crippen LogP) is 6.11. The third-order valence-electron chi connectivity index (χ3n) is 4.90. The zero-order valence-corrected chi connectivity index (χ0v) is 18.0. The van der Waals surface area contributed by atoms with Crippen molar-refractivity contribution in [2.45, 2.75) is 6.92 Å². The molecule has 3 aromatic heterocycles. The van der Waals surface area contributed by atoms with Gasteiger partial charge in [0.1, 0.15) is 5.75 Å². The van der Waals surface area contributed by atoms with Gasteiger partial charge in [0.15, 0.2) is 5.82 Å². The van der Waals surface area contributed by atoms with Crippen LogP contribution in [0.5, 0.6) is 11.6 Å². The first-order chi connectivity index (χ1) is 15.7. The van der Waals surface area contributed by atoms with E-state index in [1.165, 1.54) is 11.3 Å². The Kier molecular flexibility index (Phi) is 5.31. The number of benzene rings is 2. The number of ether oxygens (including phenoxy) is 1. The minimum absolute atomic E-state index is 0.116. The number of aryl methyl sites for hydroxylation is 1. The second-order valence-electron chi connectivity index (χ2n) is 7.12. The standard InChI is InChI=1S/C25H18N4O2S/c1-16-12-15-32-22(16)24(30)27-18-6-8-19(9-7-18)31-25-20-4-2-3-5-21(20)28-23(29-25)17-10-13-26-14-11-17/h2-15H,1H3,(H,27,30). The number of fused-ring (bicyclic) bond motifs is 1. The first-order valence-corrected chi connectivity index (χ1v) is 10.9. The molecule has 0 fully saturated rings. The molecule has 0 aliphatic carbocycles. The van der Waals surface area contributed by atoms with E-state index in [1.54, 1.807) is 24.5 Å². The van der Waals surface area contributed by atoms with E-state index in [4.69, 9.17) is 4.74 Å². The third kappa shape index (κ3) is 4.06. The number of para-hydroxylation sites is 1. The zero-order chi connectivity index (χ0) is 21.9. The molecule has 0 bridgehead atoms. The topological polar surface area (TPSA) is 77.0 Å². The van der Waals surface area contributed by atoms with Gasteiger partial charge in [-0.05, 0) is 72.5 Å². The smallest absolute Gasteiger partial charge is 0.265 e. The van der Waals surface area contributed by atoms with Gasteiger partial charge in [-0.1, -0.05) is 12.1 Å². The third-order valence-corrected chi connectivity index (χ3v) is 5.92. The minimum atomic E-state index is -0.116. The molecule has 5 aromatic rings. The molecule has 5 rings (SSSR count). The van der Waals surface area contributed by atoms with E-state index in [0.29, 0.717) is 28.0 Å². The Balaban J connectivity index is 1.42. The zero-order valence-electron chi connectivity index (χ0n) is 17.1. The number of hydrogen-bond acceptors (Lipinski definition) is 6. The van der Waals surface area contributed by atoms with Crippen molar-refractivity contribution in [1.82, 2.24) is 15.0 Å². The van der Waals surface area contributed by atoms with Crippen molar-refractivity contribution in [2.75, 3.05) is 5.32 Å². The van der Waals surface area contributed by atoms with E-state index in [1.807, 2.05) is 66.9 Å². The fourth-order valence-electron chi connectivity index (χ4n) is 3.27. The van der Waals surface area contributed by atoms with Crippen LogP contribution in [0.2, 0.25) is 0 Å². The van der Waals surface area contributed by atoms with Crippen LogP contribution in [0.1, 0.15) is 15.2 Å². The van der Waals surface area contributed by atoms with Crippen molar-refractivity contribution in [3.05, 3.63) is 94.9 Å². The molecule has 2 aromatic carbocycles. The Morgan fingerprint density at radius 2 is 1.72 bits per heavy atom. The fourth-order valence-corrected chi connectivity index (χ4v) is 4.09. The molecule has 1 N–H and O–H groups in total. The normalized spacial score (nSPS) is 10.8. The lowest BCUT2D eigenvalue weighted by atomic mass is 10.2. The van der Waals surface area contributed by atoms with Crippen LogP contribution in [-0.2, 0) is 0 Å². The molecule has 0 aliphatic heterocycles. The number of hydrogen-bond donors (Lipinski definition) is 1. The van der Waals surface area contributed by atoms with Gasteiger partial charge in [-0.2, -0.15) is 4.98 Å². The second kappa shape index (κ2) is 8.56. The highest BCUT2D eigenvalue weighted by Crippen LogP contribution is 2.30. The number of rotatable bonds is 5. The minimum Gasteiger partial charge on any atom is -0.438 e. The Morgan fingerprint density at radius 1 is 0.938 bits per heavy atom. The second-order valence-corrected chi connectivity index (χ2v) is 8.03. The van der Waals surface area contributed by atoms with Crippen LogP contribution in [0.25, 0.3) is 22.3 Å². The Hall–Kier alpha value is -4.10. The molecular weight excluding hydrogens is 420 g/mol. The van der Waals surface area contributed by atoms with Gasteiger partial charge in [0, 0.05) is 23.6 Å². The summed E-state index contributed by atoms with van der Waals surface area (Å²) >= 11 is 1.43. The predicted molar refractivity (Wildman–Crippen MR) is 126 cm³/mol. The lowest BCUT2D eigenvalue weighted by molar-refractivity contribution is 0.103. The molecule has 0 spiro atoms. The highest BCUT2D eigenvalue weighted by Gasteiger charge is 2.13. The monoisotopic (exact) mass is 438 g/mol. The van der Waals surface area contributed by atoms with Crippen molar-refractivity contribution < 1.29 is 9.53 Å². The first-order valence-electron chi connectivity index (χ1n) is 9.98. The molecule has 1 amide bonds. The summed E-state index contributed by atoms with van der Waals surface area (Å²) in [6.07, 6.45) is 3.41. The maximum absolute atomic E-state index is 12.4. The van der Waals surface area contributed by atoms with Gasteiger partial charge in [-0.15, -0.1) is 11.3 Å². The SMILES string of the molecule is Cc1ccsc1C(=O)Nc1ccc(Oc2nc(-c3ccncc3)nc3ccccc23)cc1. The van der Waals surface area contributed by atoms with Crippen LogP contribution in [0.4, 0.5) is 5.69 Å². The van der Waals surface area contributed by atoms with Crippen molar-refractivity contribution in [3.63, 3.8) is 0 Å². The molecule has 0 saturated carbocycles. The molecule has 0 unspecified atom stereocenters. The van der Waals surface area contributed by atoms with Gasteiger partial charge in [0.25, 0.3) is 5.91 Å². The summed E-state index contributed by atoms with van der Waals surface area (Å²) in [7, 11) is 0. The number of aromatic nitrogens is 3. The fraction of sp³-hybridized carbons (Fsp3) is 0.0400. The van der Waals surface area contributed by atoms with Gasteiger partial charge in [0.2, 0.25) is 5.88 Å². The van der Waals surface area contributed by atoms with E-state index in [9.17, 15) is 4.79 Å². The average Bonchev–Trinajstić information content (AvgIpc) is 3.27. The molecule has 0 aliphatic rings. The number of amides is 1. The van der Waals surface area contributed by atoms with Crippen LogP contribution < -0.4 is 10.1 Å². The number of anilines is 1. The summed E-state index contributed by atoms with van der Waals surface area (Å²) in [5, 5.41) is 5.65. The largest absolute Gasteiger partial charge is 0.438 e. The Morgan fingerprint density at radius 3 is 2.47 bits per heavy atom. The first kappa shape index (κ1) is 19.8. The Labute approximate surface area is 188 Å². The Bertz CT molecular complexity index is 1400. The van der Waals surface area contributed by atoms with E-state index >= 15 is 0 Å². The van der Waals surface area contributed by atoms with Gasteiger partial charge in [-0.3, -0.25) is 9.78 Å². The summed E-state index contributed by atoms with van der Waals surface area (Å²) in [6, 6.07) is 20.6. The molecular formula is C25H18N4O2S. The summed E-state index contributed by atoms with van der Waals surface area (Å²) in [5.74, 6) is 1.53. The molecule has 3 heterocycles. The van der Waals surface area contributed by atoms with E-state index in [0.717, 1.165) is 22.0 Å². The van der Waals surface area contributed by atoms with Crippen LogP contribution in [0.15, 0.2) is 84.5 Å². The molecule has 0 radical (unpaired) electrons. The van der Waals surface area contributed by atoms with Crippen LogP contribution in [0, 0.1) is 6.92 Å². The van der Waals surface area contributed by atoms with Crippen molar-refractivity contribution in [1.29, 1.82) is 0 Å². The molecule has 0 atom stereocenters. The van der Waals surface area contributed by atoms with Crippen molar-refractivity contribution >= 4 is 33.8 Å². The number of thiophene rings is 1. The van der Waals surface area contributed by atoms with Crippen LogP contribution in [0.3, 0.4) is 0 Å². The number of pyridine rings is 1. The highest BCUT2D eigenvalue weighted by atomic mass is 32.1. The van der Waals surface area contributed by atoms with Gasteiger partial charge in [-0.25, -0.2) is 4.98 Å². The lowest BCUT2D eigenvalue weighted by Crippen LogP contribution is -2.11. The van der Waals surface area contributed by atoms with Crippen molar-refractivity contribution in [3.8, 4) is 23.0 Å². The number of nitrogens with one attached hydrogen (secondary N) is 1. The molecule has 0 saturated heterocycles. The number of carbonyl (C=O) groups excluding carboxylic acids is 1. The average molecular weight is 439 g/mol. The van der Waals surface area contributed by atoms with Crippen LogP contribution in [-0.4, -0.2) is 20.9 Å². The maximum atomic E-state index is 12.4. The van der Waals surface area contributed by atoms with Crippen molar-refractivity contribution in [2.24, 2.45) is 0 Å². The van der Waals surface area contributed by atoms with E-state index in [-0.39, 0.29) is 5.91 Å².